The van der Waals surface area contributed by atoms with Crippen molar-refractivity contribution in [3.8, 4) is 11.1 Å². The first kappa shape index (κ1) is 25.3. The second kappa shape index (κ2) is 9.86. The Morgan fingerprint density at radius 2 is 2.03 bits per heavy atom. The molecule has 194 valence electrons. The first-order valence-corrected chi connectivity index (χ1v) is 13.2. The third-order valence-corrected chi connectivity index (χ3v) is 9.32. The summed E-state index contributed by atoms with van der Waals surface area (Å²) < 4.78 is 0. The average Bonchev–Trinajstić information content (AvgIpc) is 3.24. The van der Waals surface area contributed by atoms with Crippen LogP contribution in [-0.4, -0.2) is 57.1 Å². The quantitative estimate of drug-likeness (QED) is 0.547. The van der Waals surface area contributed by atoms with Crippen molar-refractivity contribution < 1.29 is 19.8 Å². The molecule has 2 unspecified atom stereocenters. The molecule has 6 rings (SSSR count). The molecule has 2 bridgehead atoms. The van der Waals surface area contributed by atoms with Crippen LogP contribution in [0.15, 0.2) is 48.8 Å². The minimum Gasteiger partial charge on any atom is -0.394 e. The molecule has 8 atom stereocenters. The predicted octanol–water partition coefficient (Wildman–Crippen LogP) is 3.41. The van der Waals surface area contributed by atoms with Crippen LogP contribution in [-0.2, 0) is 16.2 Å². The number of carbonyl (C=O) groups excluding carboxylic acids is 1. The van der Waals surface area contributed by atoms with Crippen molar-refractivity contribution in [3.05, 3.63) is 54.4 Å². The normalized spacial score (nSPS) is 34.1. The predicted molar refractivity (Wildman–Crippen MR) is 137 cm³/mol. The van der Waals surface area contributed by atoms with Gasteiger partial charge in [0.25, 0.3) is 0 Å². The van der Waals surface area contributed by atoms with Crippen molar-refractivity contribution in [1.82, 2.24) is 15.4 Å². The van der Waals surface area contributed by atoms with E-state index in [4.69, 9.17) is 4.84 Å². The second-order valence-electron chi connectivity index (χ2n) is 11.7. The first-order chi connectivity index (χ1) is 17.2. The lowest BCUT2D eigenvalue weighted by atomic mass is 9.45. The van der Waals surface area contributed by atoms with Crippen LogP contribution in [0.3, 0.4) is 0 Å². The third-order valence-electron chi connectivity index (χ3n) is 9.32. The van der Waals surface area contributed by atoms with E-state index in [1.165, 1.54) is 6.42 Å². The van der Waals surface area contributed by atoms with Gasteiger partial charge in [0.05, 0.1) is 19.3 Å². The van der Waals surface area contributed by atoms with Gasteiger partial charge in [0, 0.05) is 24.4 Å². The standard InChI is InChI=1S/C29H39N3O4/c1-17-23-12-22(29(23,3)4)13-24(17)31-28(35)27-26(18(2)34)25(16-33)36-32(27)15-19-7-5-8-20(11-19)21-9-6-10-30-14-21/h5-11,14,17-18,22-27,33-34H,12-13,15-16H2,1-4H3,(H,31,35)/t17?,18-,22+,23-,24?,25-,26+,27-/m0/s1. The number of nitrogens with zero attached hydrogens (tertiary/aromatic N) is 2. The summed E-state index contributed by atoms with van der Waals surface area (Å²) in [7, 11) is 0. The maximum Gasteiger partial charge on any atom is 0.240 e. The molecule has 2 heterocycles. The zero-order valence-electron chi connectivity index (χ0n) is 21.7. The number of benzene rings is 1. The lowest BCUT2D eigenvalue weighted by Crippen LogP contribution is -2.62. The largest absolute Gasteiger partial charge is 0.394 e. The zero-order valence-corrected chi connectivity index (χ0v) is 21.7. The van der Waals surface area contributed by atoms with Gasteiger partial charge in [0.15, 0.2) is 0 Å². The molecule has 36 heavy (non-hydrogen) atoms. The second-order valence-corrected chi connectivity index (χ2v) is 11.7. The number of aliphatic hydroxyl groups is 2. The molecule has 7 heteroatoms. The van der Waals surface area contributed by atoms with Crippen LogP contribution in [0.1, 0.15) is 46.1 Å². The highest BCUT2D eigenvalue weighted by molar-refractivity contribution is 5.83. The molecule has 3 N–H and O–H groups in total. The van der Waals surface area contributed by atoms with Gasteiger partial charge in [0.1, 0.15) is 12.1 Å². The Hall–Kier alpha value is -2.32. The van der Waals surface area contributed by atoms with Crippen LogP contribution in [0, 0.1) is 29.1 Å². The number of nitrogens with one attached hydrogen (secondary N) is 1. The summed E-state index contributed by atoms with van der Waals surface area (Å²) in [5.41, 5.74) is 3.36. The molecule has 1 saturated heterocycles. The van der Waals surface area contributed by atoms with Gasteiger partial charge in [0.2, 0.25) is 5.91 Å². The third kappa shape index (κ3) is 4.47. The van der Waals surface area contributed by atoms with E-state index in [1.807, 2.05) is 36.5 Å². The van der Waals surface area contributed by atoms with Crippen LogP contribution in [0.5, 0.6) is 0 Å². The summed E-state index contributed by atoms with van der Waals surface area (Å²) >= 11 is 0. The van der Waals surface area contributed by atoms with Crippen molar-refractivity contribution >= 4 is 5.91 Å². The molecule has 7 nitrogen and oxygen atoms in total. The Balaban J connectivity index is 1.36. The van der Waals surface area contributed by atoms with Gasteiger partial charge >= 0.3 is 0 Å². The van der Waals surface area contributed by atoms with Crippen LogP contribution in [0.4, 0.5) is 0 Å². The number of rotatable bonds is 7. The fraction of sp³-hybridized carbons (Fsp3) is 0.586. The maximum atomic E-state index is 13.8. The summed E-state index contributed by atoms with van der Waals surface area (Å²) in [5, 5.41) is 25.6. The lowest BCUT2D eigenvalue weighted by molar-refractivity contribution is -0.183. The molecule has 1 aliphatic heterocycles. The average molecular weight is 494 g/mol. The number of fused-ring (bicyclic) bond motifs is 2. The molecule has 0 radical (unpaired) electrons. The molecule has 3 aliphatic carbocycles. The van der Waals surface area contributed by atoms with Crippen LogP contribution in [0.25, 0.3) is 11.1 Å². The topological polar surface area (TPSA) is 94.9 Å². The van der Waals surface area contributed by atoms with E-state index in [0.29, 0.717) is 29.7 Å². The van der Waals surface area contributed by atoms with E-state index in [1.54, 1.807) is 18.2 Å². The molecular formula is C29H39N3O4. The van der Waals surface area contributed by atoms with Gasteiger partial charge in [-0.05, 0) is 71.8 Å². The molecule has 3 saturated carbocycles. The molecular weight excluding hydrogens is 454 g/mol. The van der Waals surface area contributed by atoms with Gasteiger partial charge in [-0.1, -0.05) is 45.0 Å². The Labute approximate surface area is 213 Å². The first-order valence-electron chi connectivity index (χ1n) is 13.2. The van der Waals surface area contributed by atoms with Crippen molar-refractivity contribution in [3.63, 3.8) is 0 Å². The molecule has 4 fully saturated rings. The highest BCUT2D eigenvalue weighted by atomic mass is 16.7. The fourth-order valence-corrected chi connectivity index (χ4v) is 7.05. The highest BCUT2D eigenvalue weighted by Crippen LogP contribution is 2.61. The molecule has 1 amide bonds. The van der Waals surface area contributed by atoms with Crippen LogP contribution in [0.2, 0.25) is 0 Å². The van der Waals surface area contributed by atoms with Gasteiger partial charge in [-0.2, -0.15) is 5.06 Å². The number of aromatic nitrogens is 1. The molecule has 2 aromatic rings. The molecule has 1 aromatic carbocycles. The van der Waals surface area contributed by atoms with E-state index >= 15 is 0 Å². The number of amides is 1. The van der Waals surface area contributed by atoms with Gasteiger partial charge < -0.3 is 15.5 Å². The van der Waals surface area contributed by atoms with E-state index in [-0.39, 0.29) is 18.6 Å². The summed E-state index contributed by atoms with van der Waals surface area (Å²) in [5.74, 6) is 0.996. The molecule has 1 aromatic heterocycles. The smallest absolute Gasteiger partial charge is 0.240 e. The van der Waals surface area contributed by atoms with Crippen molar-refractivity contribution in [2.75, 3.05) is 6.61 Å². The molecule has 4 aliphatic rings. The number of aliphatic hydroxyl groups excluding tert-OH is 2. The number of hydrogen-bond donors (Lipinski definition) is 3. The number of carbonyl (C=O) groups is 1. The summed E-state index contributed by atoms with van der Waals surface area (Å²) in [4.78, 5) is 24.1. The summed E-state index contributed by atoms with van der Waals surface area (Å²) in [6.07, 6.45) is 4.36. The minimum atomic E-state index is -0.805. The van der Waals surface area contributed by atoms with E-state index in [9.17, 15) is 15.0 Å². The van der Waals surface area contributed by atoms with Gasteiger partial charge in [-0.3, -0.25) is 14.6 Å². The van der Waals surface area contributed by atoms with E-state index < -0.39 is 24.2 Å². The molecule has 0 spiro atoms. The Kier molecular flexibility index (Phi) is 6.94. The Morgan fingerprint density at radius 3 is 2.67 bits per heavy atom. The fourth-order valence-electron chi connectivity index (χ4n) is 7.05. The maximum absolute atomic E-state index is 13.8. The van der Waals surface area contributed by atoms with Crippen LogP contribution < -0.4 is 5.32 Å². The minimum absolute atomic E-state index is 0.118. The highest BCUT2D eigenvalue weighted by Gasteiger charge is 2.57. The number of hydrogen-bond acceptors (Lipinski definition) is 6. The SMILES string of the molecule is CC1C(NC(=O)[C@@H]2[C@H]([C@H](C)O)[C@H](CO)ON2Cc2cccc(-c3cccnc3)c2)C[C@H]2C[C@@H]1C2(C)C. The Bertz CT molecular complexity index is 1080. The number of hydroxylamine groups is 2. The zero-order chi connectivity index (χ0) is 25.6. The van der Waals surface area contributed by atoms with Gasteiger partial charge in [-0.25, -0.2) is 0 Å². The summed E-state index contributed by atoms with van der Waals surface area (Å²) in [6.45, 7) is 8.73. The van der Waals surface area contributed by atoms with E-state index in [2.05, 4.69) is 37.1 Å². The Morgan fingerprint density at radius 1 is 1.25 bits per heavy atom. The van der Waals surface area contributed by atoms with Crippen LogP contribution >= 0.6 is 0 Å². The van der Waals surface area contributed by atoms with Gasteiger partial charge in [-0.15, -0.1) is 0 Å². The van der Waals surface area contributed by atoms with Crippen molar-refractivity contribution in [1.29, 1.82) is 0 Å². The monoisotopic (exact) mass is 493 g/mol. The van der Waals surface area contributed by atoms with E-state index in [0.717, 1.165) is 23.1 Å². The number of pyridine rings is 1. The van der Waals surface area contributed by atoms with Crippen molar-refractivity contribution in [2.24, 2.45) is 29.1 Å². The summed E-state index contributed by atoms with van der Waals surface area (Å²) in [6, 6.07) is 11.4. The van der Waals surface area contributed by atoms with Crippen molar-refractivity contribution in [2.45, 2.75) is 71.4 Å². The lowest BCUT2D eigenvalue weighted by Gasteiger charge is -2.62.